The summed E-state index contributed by atoms with van der Waals surface area (Å²) in [5.41, 5.74) is 4.37. The van der Waals surface area contributed by atoms with Crippen LogP contribution in [0.3, 0.4) is 0 Å². The molecule has 1 heterocycles. The first-order valence-electron chi connectivity index (χ1n) is 10.4. The zero-order chi connectivity index (χ0) is 21.8. The highest BCUT2D eigenvalue weighted by molar-refractivity contribution is 5.79. The van der Waals surface area contributed by atoms with Gasteiger partial charge in [-0.3, -0.25) is 4.79 Å². The van der Waals surface area contributed by atoms with Crippen molar-refractivity contribution in [1.82, 2.24) is 4.90 Å². The molecule has 0 N–H and O–H groups in total. The number of aryl methyl sites for hydroxylation is 1. The van der Waals surface area contributed by atoms with Crippen molar-refractivity contribution < 1.29 is 19.0 Å². The third-order valence-electron chi connectivity index (χ3n) is 5.66. The van der Waals surface area contributed by atoms with Gasteiger partial charge in [0.1, 0.15) is 5.75 Å². The smallest absolute Gasteiger partial charge is 0.261 e. The first kappa shape index (κ1) is 20.8. The third kappa shape index (κ3) is 4.36. The topological polar surface area (TPSA) is 48.0 Å². The Morgan fingerprint density at radius 2 is 1.71 bits per heavy atom. The lowest BCUT2D eigenvalue weighted by molar-refractivity contribution is -0.135. The van der Waals surface area contributed by atoms with E-state index in [0.717, 1.165) is 28.7 Å². The van der Waals surface area contributed by atoms with E-state index in [2.05, 4.69) is 12.1 Å². The maximum atomic E-state index is 13.3. The van der Waals surface area contributed by atoms with Gasteiger partial charge in [0, 0.05) is 6.54 Å². The summed E-state index contributed by atoms with van der Waals surface area (Å²) in [5.74, 6) is 2.02. The second kappa shape index (κ2) is 9.13. The van der Waals surface area contributed by atoms with Gasteiger partial charge in [0.05, 0.1) is 20.3 Å². The predicted octanol–water partition coefficient (Wildman–Crippen LogP) is 4.57. The minimum absolute atomic E-state index is 0.00455. The molecule has 3 aromatic rings. The Labute approximate surface area is 183 Å². The van der Waals surface area contributed by atoms with E-state index >= 15 is 0 Å². The molecule has 0 fully saturated rings. The summed E-state index contributed by atoms with van der Waals surface area (Å²) < 4.78 is 16.9. The number of carbonyl (C=O) groups excluding carboxylic acids is 1. The lowest BCUT2D eigenvalue weighted by Gasteiger charge is -2.38. The van der Waals surface area contributed by atoms with Crippen LogP contribution in [-0.4, -0.2) is 38.2 Å². The van der Waals surface area contributed by atoms with Crippen LogP contribution in [0.5, 0.6) is 17.2 Å². The van der Waals surface area contributed by atoms with Gasteiger partial charge in [0.2, 0.25) is 0 Å². The first-order chi connectivity index (χ1) is 15.1. The van der Waals surface area contributed by atoms with Crippen molar-refractivity contribution in [1.29, 1.82) is 0 Å². The summed E-state index contributed by atoms with van der Waals surface area (Å²) >= 11 is 0. The lowest BCUT2D eigenvalue weighted by atomic mass is 9.87. The third-order valence-corrected chi connectivity index (χ3v) is 5.66. The van der Waals surface area contributed by atoms with Gasteiger partial charge in [-0.05, 0) is 59.9 Å². The number of amides is 1. The second-order valence-electron chi connectivity index (χ2n) is 7.66. The maximum Gasteiger partial charge on any atom is 0.261 e. The molecule has 5 nitrogen and oxygen atoms in total. The summed E-state index contributed by atoms with van der Waals surface area (Å²) in [6.45, 7) is 2.61. The monoisotopic (exact) mass is 417 g/mol. The molecular weight excluding hydrogens is 390 g/mol. The Balaban J connectivity index is 1.67. The fourth-order valence-electron chi connectivity index (χ4n) is 4.14. The fourth-order valence-corrected chi connectivity index (χ4v) is 4.14. The molecule has 0 aromatic heterocycles. The van der Waals surface area contributed by atoms with E-state index < -0.39 is 0 Å². The number of hydrogen-bond acceptors (Lipinski definition) is 4. The standard InChI is InChI=1S/C26H27NO4/c1-18-8-7-11-21(14-18)31-17-25(28)27-13-12-20-15-23(29-2)24(30-3)16-22(20)26(27)19-9-5-4-6-10-19/h4-11,14-16,26H,12-13,17H2,1-3H3. The van der Waals surface area contributed by atoms with E-state index in [0.29, 0.717) is 23.8 Å². The average molecular weight is 418 g/mol. The van der Waals surface area contributed by atoms with Crippen molar-refractivity contribution in [2.45, 2.75) is 19.4 Å². The fraction of sp³-hybridized carbons (Fsp3) is 0.269. The number of hydrogen-bond donors (Lipinski definition) is 0. The van der Waals surface area contributed by atoms with Crippen LogP contribution in [0.4, 0.5) is 0 Å². The van der Waals surface area contributed by atoms with Gasteiger partial charge in [-0.1, -0.05) is 42.5 Å². The van der Waals surface area contributed by atoms with E-state index in [4.69, 9.17) is 14.2 Å². The first-order valence-corrected chi connectivity index (χ1v) is 10.4. The highest BCUT2D eigenvalue weighted by atomic mass is 16.5. The largest absolute Gasteiger partial charge is 0.493 e. The second-order valence-corrected chi connectivity index (χ2v) is 7.66. The molecule has 0 saturated heterocycles. The molecule has 1 aliphatic heterocycles. The SMILES string of the molecule is COc1cc2c(cc1OC)C(c1ccccc1)N(C(=O)COc1cccc(C)c1)CC2. The molecule has 1 aliphatic rings. The Morgan fingerprint density at radius 1 is 0.968 bits per heavy atom. The van der Waals surface area contributed by atoms with Gasteiger partial charge in [0.25, 0.3) is 5.91 Å². The van der Waals surface area contributed by atoms with Crippen molar-refractivity contribution >= 4 is 5.91 Å². The molecule has 1 atom stereocenters. The Hall–Kier alpha value is -3.47. The van der Waals surface area contributed by atoms with Crippen molar-refractivity contribution in [3.8, 4) is 17.2 Å². The van der Waals surface area contributed by atoms with Crippen molar-refractivity contribution in [2.75, 3.05) is 27.4 Å². The van der Waals surface area contributed by atoms with E-state index in [1.54, 1.807) is 14.2 Å². The van der Waals surface area contributed by atoms with E-state index in [1.165, 1.54) is 0 Å². The molecule has 0 bridgehead atoms. The molecule has 31 heavy (non-hydrogen) atoms. The number of nitrogens with zero attached hydrogens (tertiary/aromatic N) is 1. The van der Waals surface area contributed by atoms with Crippen LogP contribution in [0, 0.1) is 6.92 Å². The lowest BCUT2D eigenvalue weighted by Crippen LogP contribution is -2.43. The average Bonchev–Trinajstić information content (AvgIpc) is 2.81. The number of methoxy groups -OCH3 is 2. The van der Waals surface area contributed by atoms with Crippen LogP contribution in [-0.2, 0) is 11.2 Å². The van der Waals surface area contributed by atoms with E-state index in [1.807, 2.05) is 66.4 Å². The van der Waals surface area contributed by atoms with E-state index in [-0.39, 0.29) is 18.6 Å². The zero-order valence-corrected chi connectivity index (χ0v) is 18.1. The Morgan fingerprint density at radius 3 is 2.42 bits per heavy atom. The molecule has 5 heteroatoms. The molecule has 0 saturated carbocycles. The molecule has 160 valence electrons. The minimum atomic E-state index is -0.210. The Kier molecular flexibility index (Phi) is 6.12. The van der Waals surface area contributed by atoms with Crippen molar-refractivity contribution in [3.63, 3.8) is 0 Å². The molecule has 0 aliphatic carbocycles. The van der Waals surface area contributed by atoms with Gasteiger partial charge in [-0.2, -0.15) is 0 Å². The number of rotatable bonds is 6. The predicted molar refractivity (Wildman–Crippen MR) is 120 cm³/mol. The number of ether oxygens (including phenoxy) is 3. The van der Waals surface area contributed by atoms with Crippen molar-refractivity contribution in [3.05, 3.63) is 89.0 Å². The van der Waals surface area contributed by atoms with Gasteiger partial charge in [-0.25, -0.2) is 0 Å². The van der Waals surface area contributed by atoms with Crippen LogP contribution in [0.2, 0.25) is 0 Å². The van der Waals surface area contributed by atoms with Gasteiger partial charge < -0.3 is 19.1 Å². The summed E-state index contributed by atoms with van der Waals surface area (Å²) in [6.07, 6.45) is 0.745. The van der Waals surface area contributed by atoms with Gasteiger partial charge >= 0.3 is 0 Å². The maximum absolute atomic E-state index is 13.3. The van der Waals surface area contributed by atoms with Gasteiger partial charge in [0.15, 0.2) is 18.1 Å². The number of benzene rings is 3. The summed E-state index contributed by atoms with van der Waals surface area (Å²) in [7, 11) is 3.27. The van der Waals surface area contributed by atoms with Crippen molar-refractivity contribution in [2.24, 2.45) is 0 Å². The molecule has 1 amide bonds. The number of carbonyl (C=O) groups is 1. The van der Waals surface area contributed by atoms with Crippen LogP contribution >= 0.6 is 0 Å². The molecule has 3 aromatic carbocycles. The quantitative estimate of drug-likeness (QED) is 0.590. The van der Waals surface area contributed by atoms with E-state index in [9.17, 15) is 4.79 Å². The van der Waals surface area contributed by atoms with Gasteiger partial charge in [-0.15, -0.1) is 0 Å². The van der Waals surface area contributed by atoms with Crippen LogP contribution in [0.15, 0.2) is 66.7 Å². The zero-order valence-electron chi connectivity index (χ0n) is 18.1. The molecule has 0 spiro atoms. The highest BCUT2D eigenvalue weighted by Gasteiger charge is 2.33. The molecule has 1 unspecified atom stereocenters. The number of fused-ring (bicyclic) bond motifs is 1. The summed E-state index contributed by atoms with van der Waals surface area (Å²) in [6, 6.07) is 21.6. The summed E-state index contributed by atoms with van der Waals surface area (Å²) in [4.78, 5) is 15.2. The Bertz CT molecular complexity index is 1060. The normalized spacial score (nSPS) is 15.2. The molecule has 0 radical (unpaired) electrons. The molecule has 4 rings (SSSR count). The van der Waals surface area contributed by atoms with Crippen LogP contribution in [0.25, 0.3) is 0 Å². The van der Waals surface area contributed by atoms with Crippen LogP contribution < -0.4 is 14.2 Å². The molecular formula is C26H27NO4. The minimum Gasteiger partial charge on any atom is -0.493 e. The summed E-state index contributed by atoms with van der Waals surface area (Å²) in [5, 5.41) is 0. The highest BCUT2D eigenvalue weighted by Crippen LogP contribution is 2.41. The van der Waals surface area contributed by atoms with Crippen LogP contribution in [0.1, 0.15) is 28.3 Å².